The van der Waals surface area contributed by atoms with Crippen molar-refractivity contribution >= 4 is 28.5 Å². The van der Waals surface area contributed by atoms with Crippen LogP contribution in [-0.2, 0) is 29.1 Å². The van der Waals surface area contributed by atoms with Crippen LogP contribution in [0.3, 0.4) is 0 Å². The first-order chi connectivity index (χ1) is 14.4. The van der Waals surface area contributed by atoms with E-state index in [0.717, 1.165) is 22.5 Å². The smallest absolute Gasteiger partial charge is 0.323 e. The maximum Gasteiger partial charge on any atom is 0.323 e. The number of hydrazone groups is 1. The maximum atomic E-state index is 13.9. The molecule has 3 aromatic rings. The molecule has 6 nitrogen and oxygen atoms in total. The number of hydrogen-bond donors (Lipinski definition) is 1. The summed E-state index contributed by atoms with van der Waals surface area (Å²) in [5, 5.41) is 16.0. The minimum Gasteiger partial charge on any atom is -0.480 e. The zero-order valence-electron chi connectivity index (χ0n) is 16.6. The van der Waals surface area contributed by atoms with Crippen LogP contribution in [0.2, 0.25) is 0 Å². The summed E-state index contributed by atoms with van der Waals surface area (Å²) in [5.74, 6) is -1.36. The summed E-state index contributed by atoms with van der Waals surface area (Å²) in [6, 6.07) is 14.0. The molecule has 0 unspecified atom stereocenters. The van der Waals surface area contributed by atoms with E-state index in [0.29, 0.717) is 36.7 Å². The van der Waals surface area contributed by atoms with E-state index in [2.05, 4.69) is 5.10 Å². The first-order valence-corrected chi connectivity index (χ1v) is 9.82. The van der Waals surface area contributed by atoms with Crippen molar-refractivity contribution < 1.29 is 19.1 Å². The van der Waals surface area contributed by atoms with Gasteiger partial charge < -0.3 is 9.67 Å². The Morgan fingerprint density at radius 2 is 1.93 bits per heavy atom. The van der Waals surface area contributed by atoms with E-state index in [4.69, 9.17) is 0 Å². The first kappa shape index (κ1) is 19.8. The zero-order chi connectivity index (χ0) is 21.3. The molecule has 1 amide bonds. The minimum atomic E-state index is -0.958. The van der Waals surface area contributed by atoms with Crippen molar-refractivity contribution in [1.29, 1.82) is 0 Å². The van der Waals surface area contributed by atoms with Crippen LogP contribution >= 0.6 is 0 Å². The van der Waals surface area contributed by atoms with E-state index < -0.39 is 5.97 Å². The quantitative estimate of drug-likeness (QED) is 0.674. The lowest BCUT2D eigenvalue weighted by Gasteiger charge is -2.24. The van der Waals surface area contributed by atoms with Gasteiger partial charge in [0.2, 0.25) is 5.91 Å². The topological polar surface area (TPSA) is 74.9 Å². The average Bonchev–Trinajstić information content (AvgIpc) is 2.96. The molecular weight excluding hydrogens is 385 g/mol. The summed E-state index contributed by atoms with van der Waals surface area (Å²) >= 11 is 0. The summed E-state index contributed by atoms with van der Waals surface area (Å²) in [6.45, 7) is 2.04. The van der Waals surface area contributed by atoms with Crippen molar-refractivity contribution in [2.75, 3.05) is 0 Å². The second-order valence-corrected chi connectivity index (χ2v) is 7.49. The first-order valence-electron chi connectivity index (χ1n) is 9.82. The Labute approximate surface area is 173 Å². The number of carboxylic acids is 1. The van der Waals surface area contributed by atoms with Gasteiger partial charge in [-0.2, -0.15) is 5.10 Å². The lowest BCUT2D eigenvalue weighted by molar-refractivity contribution is -0.137. The molecule has 2 aromatic carbocycles. The summed E-state index contributed by atoms with van der Waals surface area (Å²) in [7, 11) is 0. The number of carbonyl (C=O) groups excluding carboxylic acids is 1. The van der Waals surface area contributed by atoms with Crippen molar-refractivity contribution in [2.45, 2.75) is 39.3 Å². The fourth-order valence-electron chi connectivity index (χ4n) is 3.95. The largest absolute Gasteiger partial charge is 0.480 e. The number of rotatable bonds is 6. The van der Waals surface area contributed by atoms with Gasteiger partial charge in [-0.15, -0.1) is 0 Å². The van der Waals surface area contributed by atoms with Gasteiger partial charge in [-0.05, 0) is 42.7 Å². The van der Waals surface area contributed by atoms with Crippen LogP contribution in [0.5, 0.6) is 0 Å². The molecule has 0 saturated carbocycles. The van der Waals surface area contributed by atoms with Crippen molar-refractivity contribution in [3.8, 4) is 0 Å². The Morgan fingerprint density at radius 3 is 2.67 bits per heavy atom. The normalized spacial score (nSPS) is 14.3. The average molecular weight is 407 g/mol. The highest BCUT2D eigenvalue weighted by atomic mass is 19.1. The molecule has 1 N–H and O–H groups in total. The molecule has 30 heavy (non-hydrogen) atoms. The van der Waals surface area contributed by atoms with Crippen molar-refractivity contribution in [1.82, 2.24) is 9.58 Å². The second-order valence-electron chi connectivity index (χ2n) is 7.49. The lowest BCUT2D eigenvalue weighted by atomic mass is 10.0. The van der Waals surface area contributed by atoms with E-state index in [9.17, 15) is 19.1 Å². The zero-order valence-corrected chi connectivity index (χ0v) is 16.6. The Kier molecular flexibility index (Phi) is 5.35. The van der Waals surface area contributed by atoms with Crippen LogP contribution in [0.25, 0.3) is 10.9 Å². The molecule has 0 aliphatic carbocycles. The number of aliphatic carboxylic acids is 1. The standard InChI is InChI=1S/C23H22FN3O3/c1-15-19(20-11-17(24)7-9-21(20)26(15)14-23(29)30)12-18-8-10-22(28)27(25-18)13-16-5-3-2-4-6-16/h2-7,9,11H,8,10,12-14H2,1H3,(H,29,30). The van der Waals surface area contributed by atoms with Crippen molar-refractivity contribution in [3.63, 3.8) is 0 Å². The van der Waals surface area contributed by atoms with E-state index in [1.165, 1.54) is 17.1 Å². The predicted octanol–water partition coefficient (Wildman–Crippen LogP) is 3.89. The van der Waals surface area contributed by atoms with Crippen molar-refractivity contribution in [2.24, 2.45) is 5.10 Å². The molecule has 0 fully saturated rings. The van der Waals surface area contributed by atoms with Gasteiger partial charge in [-0.1, -0.05) is 30.3 Å². The van der Waals surface area contributed by atoms with E-state index in [1.54, 1.807) is 10.6 Å². The van der Waals surface area contributed by atoms with Gasteiger partial charge in [0.15, 0.2) is 0 Å². The molecule has 0 atom stereocenters. The summed E-state index contributed by atoms with van der Waals surface area (Å²) in [5.41, 5.74) is 4.12. The fourth-order valence-corrected chi connectivity index (χ4v) is 3.95. The minimum absolute atomic E-state index is 0.0290. The molecule has 0 spiro atoms. The number of carboxylic acid groups (broad SMARTS) is 1. The van der Waals surface area contributed by atoms with Gasteiger partial charge >= 0.3 is 5.97 Å². The number of nitrogens with zero attached hydrogens (tertiary/aromatic N) is 3. The Morgan fingerprint density at radius 1 is 1.17 bits per heavy atom. The van der Waals surface area contributed by atoms with Gasteiger partial charge in [0.25, 0.3) is 0 Å². The third-order valence-electron chi connectivity index (χ3n) is 5.44. The lowest BCUT2D eigenvalue weighted by Crippen LogP contribution is -2.31. The molecule has 154 valence electrons. The molecular formula is C23H22FN3O3. The predicted molar refractivity (Wildman–Crippen MR) is 112 cm³/mol. The Balaban J connectivity index is 1.68. The van der Waals surface area contributed by atoms with Crippen LogP contribution in [-0.4, -0.2) is 32.3 Å². The molecule has 1 aromatic heterocycles. The highest BCUT2D eigenvalue weighted by Gasteiger charge is 2.23. The molecule has 1 aliphatic rings. The van der Waals surface area contributed by atoms with Gasteiger partial charge in [0.05, 0.1) is 6.54 Å². The van der Waals surface area contributed by atoms with Gasteiger partial charge in [-0.25, -0.2) is 9.40 Å². The number of amides is 1. The number of aromatic nitrogens is 1. The molecule has 2 heterocycles. The van der Waals surface area contributed by atoms with Gasteiger partial charge in [0, 0.05) is 35.2 Å². The van der Waals surface area contributed by atoms with Crippen LogP contribution in [0.1, 0.15) is 29.7 Å². The summed E-state index contributed by atoms with van der Waals surface area (Å²) in [4.78, 5) is 23.7. The highest BCUT2D eigenvalue weighted by molar-refractivity contribution is 5.97. The molecule has 0 radical (unpaired) electrons. The Hall–Kier alpha value is -3.48. The summed E-state index contributed by atoms with van der Waals surface area (Å²) < 4.78 is 15.6. The number of hydrogen-bond acceptors (Lipinski definition) is 3. The van der Waals surface area contributed by atoms with E-state index >= 15 is 0 Å². The summed E-state index contributed by atoms with van der Waals surface area (Å²) in [6.07, 6.45) is 1.34. The van der Waals surface area contributed by atoms with Gasteiger partial charge in [0.1, 0.15) is 12.4 Å². The van der Waals surface area contributed by atoms with E-state index in [1.807, 2.05) is 37.3 Å². The van der Waals surface area contributed by atoms with E-state index in [-0.39, 0.29) is 18.3 Å². The fraction of sp³-hybridized carbons (Fsp3) is 0.261. The number of halogens is 1. The highest BCUT2D eigenvalue weighted by Crippen LogP contribution is 2.29. The molecule has 4 rings (SSSR count). The second kappa shape index (κ2) is 8.10. The molecule has 7 heteroatoms. The molecule has 1 aliphatic heterocycles. The third kappa shape index (κ3) is 3.96. The van der Waals surface area contributed by atoms with Crippen LogP contribution in [0.15, 0.2) is 53.6 Å². The Bertz CT molecular complexity index is 1150. The SMILES string of the molecule is Cc1c(CC2=NN(Cc3ccccc3)C(=O)CC2)c2cc(F)ccc2n1CC(=O)O. The third-order valence-corrected chi connectivity index (χ3v) is 5.44. The van der Waals surface area contributed by atoms with Gasteiger partial charge in [-0.3, -0.25) is 9.59 Å². The monoisotopic (exact) mass is 407 g/mol. The van der Waals surface area contributed by atoms with Crippen LogP contribution in [0, 0.1) is 12.7 Å². The van der Waals surface area contributed by atoms with Crippen LogP contribution < -0.4 is 0 Å². The number of fused-ring (bicyclic) bond motifs is 1. The number of carbonyl (C=O) groups is 2. The molecule has 0 bridgehead atoms. The van der Waals surface area contributed by atoms with Crippen LogP contribution in [0.4, 0.5) is 4.39 Å². The number of benzene rings is 2. The van der Waals surface area contributed by atoms with Crippen molar-refractivity contribution in [3.05, 3.63) is 71.2 Å². The maximum absolute atomic E-state index is 13.9. The molecule has 0 saturated heterocycles.